The van der Waals surface area contributed by atoms with Gasteiger partial charge in [0.25, 0.3) is 0 Å². The largest absolute Gasteiger partial charge is 0.462 e. The summed E-state index contributed by atoms with van der Waals surface area (Å²) in [5, 5.41) is 5.81. The number of ether oxygens (including phenoxy) is 1. The number of aryl methyl sites for hydroxylation is 1. The van der Waals surface area contributed by atoms with Crippen LogP contribution >= 0.6 is 0 Å². The molecule has 0 spiro atoms. The van der Waals surface area contributed by atoms with Gasteiger partial charge in [0.2, 0.25) is 0 Å². The Bertz CT molecular complexity index is 2000. The normalized spacial score (nSPS) is 11.9. The lowest BCUT2D eigenvalue weighted by Crippen LogP contribution is -2.07. The molecule has 5 aromatic carbocycles. The fraction of sp³-hybridized carbons (Fsp3) is 0.100. The lowest BCUT2D eigenvalue weighted by atomic mass is 9.93. The molecule has 0 radical (unpaired) electrons. The molecular formula is C30H21N3O2. The highest BCUT2D eigenvalue weighted by atomic mass is 16.5. The molecule has 0 amide bonds. The molecule has 0 unspecified atom stereocenters. The number of carbonyl (C=O) groups is 1. The van der Waals surface area contributed by atoms with Gasteiger partial charge in [-0.2, -0.15) is 0 Å². The van der Waals surface area contributed by atoms with E-state index in [1.165, 1.54) is 0 Å². The molecule has 2 aromatic heterocycles. The van der Waals surface area contributed by atoms with Crippen LogP contribution in [0.25, 0.3) is 65.4 Å². The zero-order valence-corrected chi connectivity index (χ0v) is 19.4. The molecule has 5 heteroatoms. The van der Waals surface area contributed by atoms with Crippen molar-refractivity contribution in [2.24, 2.45) is 7.05 Å². The molecule has 0 bridgehead atoms. The Labute approximate surface area is 200 Å². The monoisotopic (exact) mass is 455 g/mol. The molecule has 0 atom stereocenters. The van der Waals surface area contributed by atoms with E-state index in [2.05, 4.69) is 35.9 Å². The number of rotatable bonds is 2. The summed E-state index contributed by atoms with van der Waals surface area (Å²) in [5.41, 5.74) is 5.98. The first-order valence-corrected chi connectivity index (χ1v) is 11.8. The molecule has 0 saturated carbocycles. The van der Waals surface area contributed by atoms with Gasteiger partial charge < -0.3 is 9.30 Å². The van der Waals surface area contributed by atoms with E-state index in [1.807, 2.05) is 61.5 Å². The van der Waals surface area contributed by atoms with Crippen molar-refractivity contribution in [1.82, 2.24) is 14.5 Å². The van der Waals surface area contributed by atoms with Gasteiger partial charge in [-0.15, -0.1) is 0 Å². The standard InChI is InChI=1S/C30H21N3O2/c1-3-35-30(34)21-16-20-17-10-6-9-15-24(17)33(2)29(20)26-25(21)18-11-4-5-12-19(18)27-28(26)32-23-14-8-7-13-22(23)31-27/h4-16H,3H2,1-2H3. The van der Waals surface area contributed by atoms with E-state index in [-0.39, 0.29) is 5.97 Å². The Morgan fingerprint density at radius 3 is 2.14 bits per heavy atom. The van der Waals surface area contributed by atoms with Crippen molar-refractivity contribution in [2.45, 2.75) is 6.92 Å². The average molecular weight is 456 g/mol. The summed E-state index contributed by atoms with van der Waals surface area (Å²) in [7, 11) is 2.07. The Morgan fingerprint density at radius 1 is 0.771 bits per heavy atom. The van der Waals surface area contributed by atoms with Crippen LogP contribution in [0.2, 0.25) is 0 Å². The van der Waals surface area contributed by atoms with Gasteiger partial charge in [0.05, 0.1) is 34.2 Å². The number of benzene rings is 5. The van der Waals surface area contributed by atoms with Crippen molar-refractivity contribution in [3.8, 4) is 0 Å². The lowest BCUT2D eigenvalue weighted by Gasteiger charge is -2.15. The number of aromatic nitrogens is 3. The van der Waals surface area contributed by atoms with Crippen molar-refractivity contribution in [1.29, 1.82) is 0 Å². The summed E-state index contributed by atoms with van der Waals surface area (Å²) in [5.74, 6) is -0.328. The third-order valence-electron chi connectivity index (χ3n) is 6.95. The number of fused-ring (bicyclic) bond motifs is 11. The van der Waals surface area contributed by atoms with Crippen molar-refractivity contribution >= 4 is 71.4 Å². The number of hydrogen-bond donors (Lipinski definition) is 0. The Hall–Kier alpha value is -4.51. The Kier molecular flexibility index (Phi) is 4.12. The van der Waals surface area contributed by atoms with E-state index in [0.29, 0.717) is 12.2 Å². The predicted molar refractivity (Wildman–Crippen MR) is 142 cm³/mol. The maximum absolute atomic E-state index is 13.4. The molecule has 0 saturated heterocycles. The molecule has 0 aliphatic heterocycles. The topological polar surface area (TPSA) is 57.0 Å². The van der Waals surface area contributed by atoms with Crippen LogP contribution < -0.4 is 0 Å². The Balaban J connectivity index is 1.87. The molecule has 7 rings (SSSR count). The van der Waals surface area contributed by atoms with Gasteiger partial charge in [-0.3, -0.25) is 0 Å². The van der Waals surface area contributed by atoms with Crippen molar-refractivity contribution < 1.29 is 9.53 Å². The van der Waals surface area contributed by atoms with Gasteiger partial charge >= 0.3 is 5.97 Å². The molecular weight excluding hydrogens is 434 g/mol. The van der Waals surface area contributed by atoms with Gasteiger partial charge in [-0.05, 0) is 36.6 Å². The zero-order valence-electron chi connectivity index (χ0n) is 19.4. The maximum Gasteiger partial charge on any atom is 0.338 e. The minimum atomic E-state index is -0.328. The fourth-order valence-corrected chi connectivity index (χ4v) is 5.49. The number of nitrogens with zero attached hydrogens (tertiary/aromatic N) is 3. The van der Waals surface area contributed by atoms with Crippen LogP contribution in [0.4, 0.5) is 0 Å². The van der Waals surface area contributed by atoms with Crippen LogP contribution in [0.15, 0.2) is 78.9 Å². The molecule has 35 heavy (non-hydrogen) atoms. The van der Waals surface area contributed by atoms with Crippen molar-refractivity contribution in [3.05, 3.63) is 84.4 Å². The maximum atomic E-state index is 13.4. The summed E-state index contributed by atoms with van der Waals surface area (Å²) in [4.78, 5) is 23.6. The number of esters is 1. The molecule has 2 heterocycles. The second-order valence-corrected chi connectivity index (χ2v) is 8.82. The molecule has 0 aliphatic carbocycles. The van der Waals surface area contributed by atoms with Crippen LogP contribution in [0.3, 0.4) is 0 Å². The average Bonchev–Trinajstić information content (AvgIpc) is 3.19. The first-order chi connectivity index (χ1) is 17.2. The third-order valence-corrected chi connectivity index (χ3v) is 6.95. The van der Waals surface area contributed by atoms with Gasteiger partial charge in [0.15, 0.2) is 0 Å². The predicted octanol–water partition coefficient (Wildman–Crippen LogP) is 6.91. The summed E-state index contributed by atoms with van der Waals surface area (Å²) >= 11 is 0. The first kappa shape index (κ1) is 19.9. The molecule has 0 fully saturated rings. The molecule has 5 nitrogen and oxygen atoms in total. The van der Waals surface area contributed by atoms with E-state index >= 15 is 0 Å². The van der Waals surface area contributed by atoms with Crippen LogP contribution in [-0.4, -0.2) is 27.1 Å². The quantitative estimate of drug-likeness (QED) is 0.161. The van der Waals surface area contributed by atoms with E-state index in [4.69, 9.17) is 14.7 Å². The van der Waals surface area contributed by atoms with Crippen molar-refractivity contribution in [2.75, 3.05) is 6.61 Å². The van der Waals surface area contributed by atoms with Crippen LogP contribution in [-0.2, 0) is 11.8 Å². The molecule has 0 N–H and O–H groups in total. The van der Waals surface area contributed by atoms with Gasteiger partial charge in [0, 0.05) is 39.5 Å². The summed E-state index contributed by atoms with van der Waals surface area (Å²) in [6.07, 6.45) is 0. The lowest BCUT2D eigenvalue weighted by molar-refractivity contribution is 0.0529. The number of hydrogen-bond acceptors (Lipinski definition) is 4. The van der Waals surface area contributed by atoms with Crippen LogP contribution in [0.5, 0.6) is 0 Å². The van der Waals surface area contributed by atoms with E-state index in [1.54, 1.807) is 0 Å². The first-order valence-electron chi connectivity index (χ1n) is 11.8. The van der Waals surface area contributed by atoms with Gasteiger partial charge in [-0.1, -0.05) is 54.6 Å². The highest BCUT2D eigenvalue weighted by molar-refractivity contribution is 6.35. The smallest absolute Gasteiger partial charge is 0.338 e. The molecule has 0 aliphatic rings. The van der Waals surface area contributed by atoms with E-state index in [0.717, 1.165) is 65.4 Å². The van der Waals surface area contributed by atoms with E-state index < -0.39 is 0 Å². The van der Waals surface area contributed by atoms with E-state index in [9.17, 15) is 4.79 Å². The fourth-order valence-electron chi connectivity index (χ4n) is 5.49. The highest BCUT2D eigenvalue weighted by Gasteiger charge is 2.24. The minimum Gasteiger partial charge on any atom is -0.462 e. The van der Waals surface area contributed by atoms with Crippen LogP contribution in [0.1, 0.15) is 17.3 Å². The van der Waals surface area contributed by atoms with Crippen LogP contribution in [0, 0.1) is 0 Å². The third kappa shape index (κ3) is 2.66. The van der Waals surface area contributed by atoms with Gasteiger partial charge in [-0.25, -0.2) is 14.8 Å². The second kappa shape index (κ2) is 7.24. The highest BCUT2D eigenvalue weighted by Crippen LogP contribution is 2.43. The van der Waals surface area contributed by atoms with Gasteiger partial charge in [0.1, 0.15) is 5.52 Å². The number of carbonyl (C=O) groups excluding carboxylic acids is 1. The Morgan fingerprint density at radius 2 is 1.40 bits per heavy atom. The zero-order chi connectivity index (χ0) is 23.7. The summed E-state index contributed by atoms with van der Waals surface area (Å²) < 4.78 is 7.75. The number of para-hydroxylation sites is 3. The summed E-state index contributed by atoms with van der Waals surface area (Å²) in [6.45, 7) is 2.14. The second-order valence-electron chi connectivity index (χ2n) is 8.82. The SMILES string of the molecule is CCOC(=O)c1cc2c3ccccc3n(C)c2c2c3nc4ccccc4nc3c3ccccc3c12. The molecule has 168 valence electrons. The minimum absolute atomic E-state index is 0.309. The summed E-state index contributed by atoms with van der Waals surface area (Å²) in [6, 6.07) is 26.3. The molecule has 7 aromatic rings. The van der Waals surface area contributed by atoms with Crippen molar-refractivity contribution in [3.63, 3.8) is 0 Å².